The minimum atomic E-state index is 0.750. The van der Waals surface area contributed by atoms with Gasteiger partial charge in [0.1, 0.15) is 11.6 Å². The molecular weight excluding hydrogens is 202 g/mol. The third-order valence-electron chi connectivity index (χ3n) is 2.64. The Morgan fingerprint density at radius 2 is 2.38 bits per heavy atom. The topological polar surface area (TPSA) is 43.0 Å². The van der Waals surface area contributed by atoms with Gasteiger partial charge < -0.3 is 14.3 Å². The van der Waals surface area contributed by atoms with E-state index < -0.39 is 0 Å². The normalized spacial score (nSPS) is 10.9. The van der Waals surface area contributed by atoms with Crippen LogP contribution in [0.15, 0.2) is 29.1 Å². The average Bonchev–Trinajstić information content (AvgIpc) is 2.87. The predicted molar refractivity (Wildman–Crippen MR) is 62.2 cm³/mol. The van der Waals surface area contributed by atoms with Gasteiger partial charge in [0.2, 0.25) is 0 Å². The van der Waals surface area contributed by atoms with Gasteiger partial charge in [0, 0.05) is 24.5 Å². The van der Waals surface area contributed by atoms with Gasteiger partial charge in [-0.15, -0.1) is 0 Å². The van der Waals surface area contributed by atoms with E-state index in [0.29, 0.717) is 0 Å². The van der Waals surface area contributed by atoms with Crippen LogP contribution in [0.5, 0.6) is 0 Å². The van der Waals surface area contributed by atoms with Crippen molar-refractivity contribution in [3.05, 3.63) is 41.9 Å². The highest BCUT2D eigenvalue weighted by molar-refractivity contribution is 5.17. The fraction of sp³-hybridized carbons (Fsp3) is 0.417. The van der Waals surface area contributed by atoms with Gasteiger partial charge in [-0.25, -0.2) is 4.98 Å². The summed E-state index contributed by atoms with van der Waals surface area (Å²) in [6.45, 7) is 6.66. The lowest BCUT2D eigenvalue weighted by Crippen LogP contribution is -2.13. The van der Waals surface area contributed by atoms with E-state index in [0.717, 1.165) is 31.2 Å². The standard InChI is InChI=1S/C12H17N3O/c1-3-13-8-11-4-7-16-12(11)9-15-6-5-14-10(15)2/h4-7,13H,3,8-9H2,1-2H3. The summed E-state index contributed by atoms with van der Waals surface area (Å²) in [5.74, 6) is 2.01. The molecule has 0 aliphatic heterocycles. The van der Waals surface area contributed by atoms with Crippen molar-refractivity contribution in [2.24, 2.45) is 0 Å². The first-order valence-electron chi connectivity index (χ1n) is 5.55. The molecule has 0 spiro atoms. The monoisotopic (exact) mass is 219 g/mol. The third kappa shape index (κ3) is 2.33. The Balaban J connectivity index is 2.09. The van der Waals surface area contributed by atoms with Crippen molar-refractivity contribution in [3.63, 3.8) is 0 Å². The molecule has 4 heteroatoms. The van der Waals surface area contributed by atoms with Crippen LogP contribution in [0.4, 0.5) is 0 Å². The summed E-state index contributed by atoms with van der Waals surface area (Å²) in [6, 6.07) is 2.02. The summed E-state index contributed by atoms with van der Waals surface area (Å²) in [5, 5.41) is 3.30. The molecule has 0 saturated heterocycles. The molecule has 2 heterocycles. The fourth-order valence-electron chi connectivity index (χ4n) is 1.65. The molecule has 0 aliphatic rings. The highest BCUT2D eigenvalue weighted by Gasteiger charge is 2.07. The first kappa shape index (κ1) is 11.0. The molecule has 0 amide bonds. The van der Waals surface area contributed by atoms with Gasteiger partial charge in [0.15, 0.2) is 0 Å². The molecule has 0 aliphatic carbocycles. The lowest BCUT2D eigenvalue weighted by molar-refractivity contribution is 0.483. The molecule has 0 atom stereocenters. The maximum atomic E-state index is 5.50. The molecule has 86 valence electrons. The van der Waals surface area contributed by atoms with E-state index in [-0.39, 0.29) is 0 Å². The molecule has 2 aromatic rings. The maximum absolute atomic E-state index is 5.50. The van der Waals surface area contributed by atoms with E-state index in [1.807, 2.05) is 25.4 Å². The molecular formula is C12H17N3O. The number of aromatic nitrogens is 2. The van der Waals surface area contributed by atoms with E-state index in [1.165, 1.54) is 5.56 Å². The maximum Gasteiger partial charge on any atom is 0.127 e. The van der Waals surface area contributed by atoms with Crippen LogP contribution in [-0.2, 0) is 13.1 Å². The number of imidazole rings is 1. The van der Waals surface area contributed by atoms with Crippen molar-refractivity contribution in [1.82, 2.24) is 14.9 Å². The molecule has 0 bridgehead atoms. The van der Waals surface area contributed by atoms with Crippen molar-refractivity contribution >= 4 is 0 Å². The van der Waals surface area contributed by atoms with Gasteiger partial charge in [0.25, 0.3) is 0 Å². The summed E-state index contributed by atoms with van der Waals surface area (Å²) >= 11 is 0. The number of nitrogens with zero attached hydrogens (tertiary/aromatic N) is 2. The second-order valence-electron chi connectivity index (χ2n) is 3.75. The summed E-state index contributed by atoms with van der Waals surface area (Å²) < 4.78 is 7.58. The summed E-state index contributed by atoms with van der Waals surface area (Å²) in [6.07, 6.45) is 5.52. The largest absolute Gasteiger partial charge is 0.467 e. The zero-order chi connectivity index (χ0) is 11.4. The van der Waals surface area contributed by atoms with Gasteiger partial charge in [-0.1, -0.05) is 6.92 Å². The Bertz CT molecular complexity index is 445. The summed E-state index contributed by atoms with van der Waals surface area (Å²) in [4.78, 5) is 4.19. The van der Waals surface area contributed by atoms with Crippen molar-refractivity contribution in [3.8, 4) is 0 Å². The molecule has 0 fully saturated rings. The Kier molecular flexibility index (Phi) is 3.41. The van der Waals surface area contributed by atoms with Crippen molar-refractivity contribution < 1.29 is 4.42 Å². The van der Waals surface area contributed by atoms with Gasteiger partial charge in [-0.05, 0) is 19.5 Å². The van der Waals surface area contributed by atoms with Crippen LogP contribution in [0.3, 0.4) is 0 Å². The molecule has 2 aromatic heterocycles. The first-order valence-corrected chi connectivity index (χ1v) is 5.55. The van der Waals surface area contributed by atoms with Crippen LogP contribution >= 0.6 is 0 Å². The van der Waals surface area contributed by atoms with Crippen molar-refractivity contribution in [2.75, 3.05) is 6.54 Å². The van der Waals surface area contributed by atoms with Crippen LogP contribution in [0.2, 0.25) is 0 Å². The lowest BCUT2D eigenvalue weighted by atomic mass is 10.2. The van der Waals surface area contributed by atoms with Crippen LogP contribution in [0.1, 0.15) is 24.1 Å². The Hall–Kier alpha value is -1.55. The molecule has 2 rings (SSSR count). The zero-order valence-corrected chi connectivity index (χ0v) is 9.73. The predicted octanol–water partition coefficient (Wildman–Crippen LogP) is 1.94. The number of rotatable bonds is 5. The van der Waals surface area contributed by atoms with E-state index >= 15 is 0 Å². The molecule has 4 nitrogen and oxygen atoms in total. The van der Waals surface area contributed by atoms with E-state index in [2.05, 4.69) is 21.8 Å². The highest BCUT2D eigenvalue weighted by Crippen LogP contribution is 2.13. The van der Waals surface area contributed by atoms with Crippen molar-refractivity contribution in [2.45, 2.75) is 26.9 Å². The van der Waals surface area contributed by atoms with Crippen LogP contribution in [-0.4, -0.2) is 16.1 Å². The minimum Gasteiger partial charge on any atom is -0.467 e. The van der Waals surface area contributed by atoms with Gasteiger partial charge in [0.05, 0.1) is 12.8 Å². The number of aryl methyl sites for hydroxylation is 1. The minimum absolute atomic E-state index is 0.750. The van der Waals surface area contributed by atoms with Crippen LogP contribution in [0, 0.1) is 6.92 Å². The van der Waals surface area contributed by atoms with Crippen LogP contribution in [0.25, 0.3) is 0 Å². The Labute approximate surface area is 95.3 Å². The van der Waals surface area contributed by atoms with E-state index in [4.69, 9.17) is 4.42 Å². The number of nitrogens with one attached hydrogen (secondary N) is 1. The fourth-order valence-corrected chi connectivity index (χ4v) is 1.65. The first-order chi connectivity index (χ1) is 7.81. The summed E-state index contributed by atoms with van der Waals surface area (Å²) in [7, 11) is 0. The molecule has 0 unspecified atom stereocenters. The van der Waals surface area contributed by atoms with E-state index in [1.54, 1.807) is 6.26 Å². The van der Waals surface area contributed by atoms with Crippen LogP contribution < -0.4 is 5.32 Å². The second-order valence-corrected chi connectivity index (χ2v) is 3.75. The number of hydrogen-bond acceptors (Lipinski definition) is 3. The number of furan rings is 1. The highest BCUT2D eigenvalue weighted by atomic mass is 16.3. The molecule has 0 radical (unpaired) electrons. The SMILES string of the molecule is CCNCc1ccoc1Cn1ccnc1C. The molecule has 0 saturated carbocycles. The Morgan fingerprint density at radius 1 is 1.50 bits per heavy atom. The number of hydrogen-bond donors (Lipinski definition) is 1. The lowest BCUT2D eigenvalue weighted by Gasteiger charge is -2.05. The Morgan fingerprint density at radius 3 is 3.06 bits per heavy atom. The molecule has 16 heavy (non-hydrogen) atoms. The molecule has 1 N–H and O–H groups in total. The average molecular weight is 219 g/mol. The third-order valence-corrected chi connectivity index (χ3v) is 2.64. The zero-order valence-electron chi connectivity index (χ0n) is 9.73. The van der Waals surface area contributed by atoms with Crippen molar-refractivity contribution in [1.29, 1.82) is 0 Å². The van der Waals surface area contributed by atoms with E-state index in [9.17, 15) is 0 Å². The van der Waals surface area contributed by atoms with Gasteiger partial charge in [-0.2, -0.15) is 0 Å². The quantitative estimate of drug-likeness (QED) is 0.835. The summed E-state index contributed by atoms with van der Waals surface area (Å²) in [5.41, 5.74) is 1.22. The molecule has 0 aromatic carbocycles. The van der Waals surface area contributed by atoms with Gasteiger partial charge >= 0.3 is 0 Å². The smallest absolute Gasteiger partial charge is 0.127 e. The second kappa shape index (κ2) is 4.99. The van der Waals surface area contributed by atoms with Gasteiger partial charge in [-0.3, -0.25) is 0 Å².